The summed E-state index contributed by atoms with van der Waals surface area (Å²) in [5.41, 5.74) is -0.348. The fourth-order valence-electron chi connectivity index (χ4n) is 6.01. The summed E-state index contributed by atoms with van der Waals surface area (Å²) in [5.74, 6) is 0.850. The zero-order chi connectivity index (χ0) is 22.7. The van der Waals surface area contributed by atoms with Crippen LogP contribution in [0, 0.1) is 22.6 Å². The molecule has 172 valence electrons. The average Bonchev–Trinajstić information content (AvgIpc) is 3.38. The Bertz CT molecular complexity index is 1140. The summed E-state index contributed by atoms with van der Waals surface area (Å²) < 4.78 is 46.7. The minimum Gasteiger partial charge on any atom is -0.339 e. The number of Topliss-reactive ketones (excluding diaryl/α,β-unsaturated/α-hetero) is 1. The second-order valence-electron chi connectivity index (χ2n) is 10.1. The Balaban J connectivity index is 1.26. The van der Waals surface area contributed by atoms with Gasteiger partial charge in [0.15, 0.2) is 0 Å². The number of fused-ring (bicyclic) bond motifs is 2. The summed E-state index contributed by atoms with van der Waals surface area (Å²) in [6.45, 7) is 4.86. The van der Waals surface area contributed by atoms with Crippen molar-refractivity contribution in [1.82, 2.24) is 14.4 Å². The summed E-state index contributed by atoms with van der Waals surface area (Å²) in [6, 6.07) is 5.88. The second-order valence-corrected chi connectivity index (χ2v) is 12.0. The van der Waals surface area contributed by atoms with Gasteiger partial charge in [0.2, 0.25) is 21.7 Å². The van der Waals surface area contributed by atoms with Crippen molar-refractivity contribution >= 4 is 15.8 Å². The van der Waals surface area contributed by atoms with Gasteiger partial charge in [-0.3, -0.25) is 4.79 Å². The molecule has 32 heavy (non-hydrogen) atoms. The summed E-state index contributed by atoms with van der Waals surface area (Å²) in [6.07, 6.45) is 3.28. The van der Waals surface area contributed by atoms with Gasteiger partial charge < -0.3 is 4.52 Å². The van der Waals surface area contributed by atoms with E-state index in [1.165, 1.54) is 16.4 Å². The number of piperidine rings is 1. The molecular formula is C23H28FN3O4S. The monoisotopic (exact) mass is 461 g/mol. The number of carbonyl (C=O) groups is 1. The van der Waals surface area contributed by atoms with Gasteiger partial charge in [-0.2, -0.15) is 4.98 Å². The summed E-state index contributed by atoms with van der Waals surface area (Å²) in [7, 11) is -3.55. The molecule has 2 aliphatic carbocycles. The highest BCUT2D eigenvalue weighted by molar-refractivity contribution is 7.89. The van der Waals surface area contributed by atoms with Crippen molar-refractivity contribution in [2.75, 3.05) is 18.8 Å². The Morgan fingerprint density at radius 1 is 1.16 bits per heavy atom. The third-order valence-electron chi connectivity index (χ3n) is 8.31. The molecule has 0 amide bonds. The molecule has 3 fully saturated rings. The van der Waals surface area contributed by atoms with Crippen LogP contribution in [-0.2, 0) is 14.8 Å². The minimum atomic E-state index is -3.55. The molecular weight excluding hydrogens is 433 g/mol. The quantitative estimate of drug-likeness (QED) is 0.673. The van der Waals surface area contributed by atoms with E-state index in [1.54, 1.807) is 12.1 Å². The Morgan fingerprint density at radius 3 is 2.44 bits per heavy atom. The summed E-state index contributed by atoms with van der Waals surface area (Å²) >= 11 is 0. The number of benzene rings is 1. The molecule has 1 aromatic carbocycles. The zero-order valence-electron chi connectivity index (χ0n) is 18.4. The molecule has 5 rings (SSSR count). The number of rotatable bonds is 5. The van der Waals surface area contributed by atoms with Gasteiger partial charge in [-0.05, 0) is 61.3 Å². The molecule has 1 aromatic heterocycles. The fraction of sp³-hybridized carbons (Fsp3) is 0.609. The van der Waals surface area contributed by atoms with Gasteiger partial charge in [0.1, 0.15) is 11.6 Å². The van der Waals surface area contributed by atoms with Crippen LogP contribution in [0.1, 0.15) is 57.8 Å². The predicted octanol–water partition coefficient (Wildman–Crippen LogP) is 3.78. The first-order chi connectivity index (χ1) is 15.1. The summed E-state index contributed by atoms with van der Waals surface area (Å²) in [4.78, 5) is 17.2. The number of halogens is 1. The minimum absolute atomic E-state index is 0.0262. The lowest BCUT2D eigenvalue weighted by atomic mass is 9.70. The maximum absolute atomic E-state index is 13.3. The van der Waals surface area contributed by atoms with Crippen molar-refractivity contribution < 1.29 is 22.1 Å². The Kier molecular flexibility index (Phi) is 5.05. The van der Waals surface area contributed by atoms with Crippen LogP contribution in [-0.4, -0.2) is 47.5 Å². The molecule has 3 aliphatic rings. The number of hydrogen-bond acceptors (Lipinski definition) is 6. The zero-order valence-corrected chi connectivity index (χ0v) is 19.2. The number of aromatic nitrogens is 2. The van der Waals surface area contributed by atoms with E-state index in [9.17, 15) is 17.6 Å². The highest BCUT2D eigenvalue weighted by Crippen LogP contribution is 2.64. The van der Waals surface area contributed by atoms with Crippen LogP contribution >= 0.6 is 0 Å². The lowest BCUT2D eigenvalue weighted by Crippen LogP contribution is -2.48. The number of nitrogens with zero attached hydrogens (tertiary/aromatic N) is 3. The molecule has 2 saturated carbocycles. The van der Waals surface area contributed by atoms with Crippen molar-refractivity contribution in [3.63, 3.8) is 0 Å². The SMILES string of the molecule is CC1(C)[C@H]2CC[C@]1(CS(=O)(=O)N1CCC(c3nc(-c4ccc(F)cc4)no3)CC1)C(=O)C2. The lowest BCUT2D eigenvalue weighted by Gasteiger charge is -2.38. The molecule has 1 saturated heterocycles. The lowest BCUT2D eigenvalue weighted by molar-refractivity contribution is -0.128. The van der Waals surface area contributed by atoms with Gasteiger partial charge in [0.05, 0.1) is 5.75 Å². The van der Waals surface area contributed by atoms with Crippen LogP contribution < -0.4 is 0 Å². The van der Waals surface area contributed by atoms with Gasteiger partial charge in [-0.15, -0.1) is 0 Å². The molecule has 2 heterocycles. The third kappa shape index (κ3) is 3.32. The molecule has 0 N–H and O–H groups in total. The summed E-state index contributed by atoms with van der Waals surface area (Å²) in [5, 5.41) is 4.00. The number of ketones is 1. The number of hydrogen-bond donors (Lipinski definition) is 0. The second kappa shape index (κ2) is 7.45. The van der Waals surface area contributed by atoms with Crippen molar-refractivity contribution in [1.29, 1.82) is 0 Å². The van der Waals surface area contributed by atoms with E-state index in [4.69, 9.17) is 4.52 Å². The topological polar surface area (TPSA) is 93.4 Å². The molecule has 9 heteroatoms. The van der Waals surface area contributed by atoms with E-state index < -0.39 is 15.4 Å². The normalized spacial score (nSPS) is 28.5. The smallest absolute Gasteiger partial charge is 0.230 e. The maximum Gasteiger partial charge on any atom is 0.230 e. The largest absolute Gasteiger partial charge is 0.339 e. The van der Waals surface area contributed by atoms with Gasteiger partial charge in [0, 0.05) is 36.4 Å². The van der Waals surface area contributed by atoms with Crippen molar-refractivity contribution in [3.05, 3.63) is 36.0 Å². The molecule has 0 spiro atoms. The first kappa shape index (κ1) is 21.7. The average molecular weight is 462 g/mol. The van der Waals surface area contributed by atoms with Crippen LogP contribution in [0.25, 0.3) is 11.4 Å². The van der Waals surface area contributed by atoms with Crippen molar-refractivity contribution in [2.45, 2.75) is 51.9 Å². The van der Waals surface area contributed by atoms with Crippen LogP contribution in [0.15, 0.2) is 28.8 Å². The highest BCUT2D eigenvalue weighted by atomic mass is 32.2. The van der Waals surface area contributed by atoms with E-state index >= 15 is 0 Å². The van der Waals surface area contributed by atoms with E-state index in [2.05, 4.69) is 24.0 Å². The molecule has 2 atom stereocenters. The van der Waals surface area contributed by atoms with Crippen molar-refractivity contribution in [3.8, 4) is 11.4 Å². The van der Waals surface area contributed by atoms with Gasteiger partial charge in [0.25, 0.3) is 0 Å². The van der Waals surface area contributed by atoms with Crippen LogP contribution in [0.3, 0.4) is 0 Å². The molecule has 7 nitrogen and oxygen atoms in total. The van der Waals surface area contributed by atoms with Crippen LogP contribution in [0.5, 0.6) is 0 Å². The van der Waals surface area contributed by atoms with E-state index in [1.807, 2.05) is 0 Å². The van der Waals surface area contributed by atoms with E-state index in [0.717, 1.165) is 6.42 Å². The van der Waals surface area contributed by atoms with Gasteiger partial charge in [-0.25, -0.2) is 17.1 Å². The fourth-order valence-corrected chi connectivity index (χ4v) is 8.26. The first-order valence-electron chi connectivity index (χ1n) is 11.2. The molecule has 0 unspecified atom stereocenters. The first-order valence-corrected chi connectivity index (χ1v) is 12.8. The molecule has 2 bridgehead atoms. The van der Waals surface area contributed by atoms with Crippen LogP contribution in [0.4, 0.5) is 4.39 Å². The molecule has 0 radical (unpaired) electrons. The van der Waals surface area contributed by atoms with E-state index in [-0.39, 0.29) is 28.7 Å². The Labute approximate surface area is 187 Å². The number of sulfonamides is 1. The molecule has 2 aromatic rings. The molecule has 1 aliphatic heterocycles. The van der Waals surface area contributed by atoms with Gasteiger partial charge >= 0.3 is 0 Å². The maximum atomic E-state index is 13.3. The Hall–Kier alpha value is -2.13. The standard InChI is InChI=1S/C23H28FN3O4S/c1-22(2)17-7-10-23(22,19(28)13-17)14-32(29,30)27-11-8-16(9-12-27)21-25-20(26-31-21)15-3-5-18(24)6-4-15/h3-6,16-17H,7-14H2,1-2H3/t17-,23-/m0/s1. The van der Waals surface area contributed by atoms with Crippen LogP contribution in [0.2, 0.25) is 0 Å². The number of carbonyl (C=O) groups excluding carboxylic acids is 1. The Morgan fingerprint density at radius 2 is 1.84 bits per heavy atom. The van der Waals surface area contributed by atoms with Gasteiger partial charge in [-0.1, -0.05) is 19.0 Å². The third-order valence-corrected chi connectivity index (χ3v) is 10.3. The van der Waals surface area contributed by atoms with E-state index in [0.29, 0.717) is 62.0 Å². The highest BCUT2D eigenvalue weighted by Gasteiger charge is 2.65. The predicted molar refractivity (Wildman–Crippen MR) is 116 cm³/mol. The van der Waals surface area contributed by atoms with Crippen molar-refractivity contribution in [2.24, 2.45) is 16.7 Å².